The monoisotopic (exact) mass is 258 g/mol. The molecule has 102 valence electrons. The summed E-state index contributed by atoms with van der Waals surface area (Å²) < 4.78 is 2.11. The van der Waals surface area contributed by atoms with Gasteiger partial charge in [-0.05, 0) is 25.8 Å². The molecule has 3 nitrogen and oxygen atoms in total. The molecule has 0 saturated carbocycles. The fourth-order valence-corrected chi connectivity index (χ4v) is 2.27. The van der Waals surface area contributed by atoms with Crippen molar-refractivity contribution in [2.75, 3.05) is 0 Å². The van der Waals surface area contributed by atoms with Crippen molar-refractivity contribution >= 4 is 0 Å². The zero-order valence-electron chi connectivity index (χ0n) is 11.9. The van der Waals surface area contributed by atoms with Gasteiger partial charge in [-0.1, -0.05) is 36.8 Å². The Morgan fingerprint density at radius 2 is 1.95 bits per heavy atom. The molecule has 0 amide bonds. The van der Waals surface area contributed by atoms with E-state index in [0.717, 1.165) is 24.4 Å². The second-order valence-electron chi connectivity index (χ2n) is 5.35. The summed E-state index contributed by atoms with van der Waals surface area (Å²) in [6.07, 6.45) is 5.37. The number of benzene rings is 1. The summed E-state index contributed by atoms with van der Waals surface area (Å²) in [5, 5.41) is 10.7. The van der Waals surface area contributed by atoms with Crippen molar-refractivity contribution < 1.29 is 5.11 Å². The quantitative estimate of drug-likeness (QED) is 0.895. The minimum atomic E-state index is -0.884. The molecular formula is C16H22N2O. The van der Waals surface area contributed by atoms with Gasteiger partial charge in [-0.15, -0.1) is 0 Å². The molecule has 1 aromatic carbocycles. The van der Waals surface area contributed by atoms with Gasteiger partial charge in [-0.25, -0.2) is 4.98 Å². The van der Waals surface area contributed by atoms with E-state index in [9.17, 15) is 5.11 Å². The van der Waals surface area contributed by atoms with Crippen LogP contribution in [0, 0.1) is 6.92 Å². The van der Waals surface area contributed by atoms with Crippen LogP contribution in [0.3, 0.4) is 0 Å². The van der Waals surface area contributed by atoms with Gasteiger partial charge in [0.25, 0.3) is 0 Å². The molecule has 1 heterocycles. The lowest BCUT2D eigenvalue weighted by molar-refractivity contribution is 0.0545. The number of rotatable bonds is 5. The number of hydrogen-bond acceptors (Lipinski definition) is 2. The summed E-state index contributed by atoms with van der Waals surface area (Å²) in [5.41, 5.74) is 1.25. The first kappa shape index (κ1) is 13.8. The molecule has 2 aromatic rings. The largest absolute Gasteiger partial charge is 0.385 e. The van der Waals surface area contributed by atoms with E-state index in [-0.39, 0.29) is 0 Å². The van der Waals surface area contributed by atoms with Gasteiger partial charge in [0.15, 0.2) is 0 Å². The van der Waals surface area contributed by atoms with E-state index in [1.807, 2.05) is 44.3 Å². The summed E-state index contributed by atoms with van der Waals surface area (Å²) in [6.45, 7) is 6.98. The number of imidazole rings is 1. The lowest BCUT2D eigenvalue weighted by Gasteiger charge is -2.24. The molecule has 3 heteroatoms. The van der Waals surface area contributed by atoms with Crippen molar-refractivity contribution in [3.05, 3.63) is 53.6 Å². The van der Waals surface area contributed by atoms with E-state index in [1.54, 1.807) is 6.20 Å². The van der Waals surface area contributed by atoms with Gasteiger partial charge >= 0.3 is 0 Å². The lowest BCUT2D eigenvalue weighted by atomic mass is 9.91. The molecule has 0 bridgehead atoms. The molecule has 0 spiro atoms. The third-order valence-electron chi connectivity index (χ3n) is 3.44. The molecule has 0 aliphatic heterocycles. The molecular weight excluding hydrogens is 236 g/mol. The van der Waals surface area contributed by atoms with E-state index in [1.165, 1.54) is 5.56 Å². The molecule has 0 aliphatic carbocycles. The van der Waals surface area contributed by atoms with Gasteiger partial charge < -0.3 is 9.67 Å². The minimum absolute atomic E-state index is 0.531. The predicted octanol–water partition coefficient (Wildman–Crippen LogP) is 3.05. The summed E-state index contributed by atoms with van der Waals surface area (Å²) in [4.78, 5) is 4.37. The molecule has 1 aromatic heterocycles. The molecule has 1 atom stereocenters. The maximum atomic E-state index is 10.7. The fraction of sp³-hybridized carbons (Fsp3) is 0.438. The van der Waals surface area contributed by atoms with Crippen LogP contribution in [0.25, 0.3) is 0 Å². The predicted molar refractivity (Wildman–Crippen MR) is 77.0 cm³/mol. The highest BCUT2D eigenvalue weighted by Crippen LogP contribution is 2.25. The Morgan fingerprint density at radius 3 is 2.58 bits per heavy atom. The minimum Gasteiger partial charge on any atom is -0.385 e. The SMILES string of the molecule is CCCn1ccnc1CC(C)(O)c1ccc(C)cc1. The Balaban J connectivity index is 2.20. The first-order chi connectivity index (χ1) is 9.03. The van der Waals surface area contributed by atoms with E-state index < -0.39 is 5.60 Å². The maximum absolute atomic E-state index is 10.7. The molecule has 0 saturated heterocycles. The maximum Gasteiger partial charge on any atom is 0.111 e. The highest BCUT2D eigenvalue weighted by atomic mass is 16.3. The Morgan fingerprint density at radius 1 is 1.26 bits per heavy atom. The van der Waals surface area contributed by atoms with Crippen LogP contribution < -0.4 is 0 Å². The van der Waals surface area contributed by atoms with Crippen LogP contribution in [0.4, 0.5) is 0 Å². The normalized spacial score (nSPS) is 14.3. The van der Waals surface area contributed by atoms with Crippen LogP contribution in [0.15, 0.2) is 36.7 Å². The second kappa shape index (κ2) is 5.57. The van der Waals surface area contributed by atoms with E-state index in [4.69, 9.17) is 0 Å². The first-order valence-corrected chi connectivity index (χ1v) is 6.82. The summed E-state index contributed by atoms with van der Waals surface area (Å²) in [5.74, 6) is 0.937. The number of nitrogens with zero attached hydrogens (tertiary/aromatic N) is 2. The molecule has 0 fully saturated rings. The third kappa shape index (κ3) is 3.24. The summed E-state index contributed by atoms with van der Waals surface area (Å²) in [6, 6.07) is 8.04. The Hall–Kier alpha value is -1.61. The molecule has 0 radical (unpaired) electrons. The van der Waals surface area contributed by atoms with Crippen molar-refractivity contribution in [1.82, 2.24) is 9.55 Å². The summed E-state index contributed by atoms with van der Waals surface area (Å²) >= 11 is 0. The van der Waals surface area contributed by atoms with E-state index in [2.05, 4.69) is 16.5 Å². The van der Waals surface area contributed by atoms with Gasteiger partial charge in [0.05, 0.1) is 5.60 Å². The second-order valence-corrected chi connectivity index (χ2v) is 5.35. The fourth-order valence-electron chi connectivity index (χ4n) is 2.27. The van der Waals surface area contributed by atoms with Crippen LogP contribution in [0.1, 0.15) is 37.2 Å². The number of hydrogen-bond donors (Lipinski definition) is 1. The van der Waals surface area contributed by atoms with Crippen LogP contribution >= 0.6 is 0 Å². The van der Waals surface area contributed by atoms with Gasteiger partial charge in [0.2, 0.25) is 0 Å². The zero-order chi connectivity index (χ0) is 13.9. The number of aromatic nitrogens is 2. The van der Waals surface area contributed by atoms with Gasteiger partial charge in [0, 0.05) is 25.4 Å². The standard InChI is InChI=1S/C16H22N2O/c1-4-10-18-11-9-17-15(18)12-16(3,19)14-7-5-13(2)6-8-14/h5-9,11,19H,4,10,12H2,1-3H3. The van der Waals surface area contributed by atoms with Gasteiger partial charge in [-0.2, -0.15) is 0 Å². The average Bonchev–Trinajstić information content (AvgIpc) is 2.77. The Kier molecular flexibility index (Phi) is 4.05. The smallest absolute Gasteiger partial charge is 0.111 e. The highest BCUT2D eigenvalue weighted by Gasteiger charge is 2.25. The average molecular weight is 258 g/mol. The van der Waals surface area contributed by atoms with E-state index >= 15 is 0 Å². The van der Waals surface area contributed by atoms with Crippen molar-refractivity contribution in [3.8, 4) is 0 Å². The molecule has 1 unspecified atom stereocenters. The van der Waals surface area contributed by atoms with Crippen molar-refractivity contribution in [3.63, 3.8) is 0 Å². The Labute approximate surface area is 114 Å². The van der Waals surface area contributed by atoms with Crippen molar-refractivity contribution in [2.24, 2.45) is 0 Å². The lowest BCUT2D eigenvalue weighted by Crippen LogP contribution is -2.26. The summed E-state index contributed by atoms with van der Waals surface area (Å²) in [7, 11) is 0. The van der Waals surface area contributed by atoms with Crippen LogP contribution in [-0.2, 0) is 18.6 Å². The molecule has 0 aliphatic rings. The number of aryl methyl sites for hydroxylation is 2. The topological polar surface area (TPSA) is 38.0 Å². The van der Waals surface area contributed by atoms with Crippen LogP contribution in [0.2, 0.25) is 0 Å². The molecule has 1 N–H and O–H groups in total. The van der Waals surface area contributed by atoms with Gasteiger partial charge in [0.1, 0.15) is 5.82 Å². The molecule has 19 heavy (non-hydrogen) atoms. The zero-order valence-corrected chi connectivity index (χ0v) is 11.9. The van der Waals surface area contributed by atoms with Crippen LogP contribution in [0.5, 0.6) is 0 Å². The first-order valence-electron chi connectivity index (χ1n) is 6.82. The van der Waals surface area contributed by atoms with Gasteiger partial charge in [-0.3, -0.25) is 0 Å². The van der Waals surface area contributed by atoms with Crippen molar-refractivity contribution in [2.45, 2.75) is 45.8 Å². The van der Waals surface area contributed by atoms with Crippen molar-refractivity contribution in [1.29, 1.82) is 0 Å². The highest BCUT2D eigenvalue weighted by molar-refractivity contribution is 5.26. The van der Waals surface area contributed by atoms with Crippen LogP contribution in [-0.4, -0.2) is 14.7 Å². The molecule has 2 rings (SSSR count). The Bertz CT molecular complexity index is 526. The third-order valence-corrected chi connectivity index (χ3v) is 3.44. The number of aliphatic hydroxyl groups is 1. The van der Waals surface area contributed by atoms with E-state index in [0.29, 0.717) is 6.42 Å².